The normalized spacial score (nSPS) is 15.0. The zero-order chi connectivity index (χ0) is 16.7. The Balaban J connectivity index is 0.00000288. The number of hydrogen-bond acceptors (Lipinski definition) is 5. The first-order chi connectivity index (χ1) is 11.1. The number of ether oxygens (including phenoxy) is 1. The Morgan fingerprint density at radius 2 is 2.00 bits per heavy atom. The summed E-state index contributed by atoms with van der Waals surface area (Å²) in [6.07, 6.45) is 2.67. The SMILES string of the molecule is COCCNCC(=O)N1CCN(Cc2nccn2C(F)F)CC1.Cl.Cl. The van der Waals surface area contributed by atoms with Crippen molar-refractivity contribution in [2.45, 2.75) is 13.1 Å². The highest BCUT2D eigenvalue weighted by Gasteiger charge is 2.22. The molecule has 0 bridgehead atoms. The third-order valence-corrected chi connectivity index (χ3v) is 3.81. The minimum Gasteiger partial charge on any atom is -0.383 e. The number of nitrogens with zero attached hydrogens (tertiary/aromatic N) is 4. The van der Waals surface area contributed by atoms with Crippen molar-refractivity contribution in [2.24, 2.45) is 0 Å². The summed E-state index contributed by atoms with van der Waals surface area (Å²) < 4.78 is 31.4. The highest BCUT2D eigenvalue weighted by atomic mass is 35.5. The van der Waals surface area contributed by atoms with Gasteiger partial charge in [0.2, 0.25) is 5.91 Å². The predicted molar refractivity (Wildman–Crippen MR) is 94.6 cm³/mol. The van der Waals surface area contributed by atoms with Gasteiger partial charge in [0.25, 0.3) is 0 Å². The van der Waals surface area contributed by atoms with E-state index >= 15 is 0 Å². The first-order valence-corrected chi connectivity index (χ1v) is 7.61. The molecule has 0 atom stereocenters. The maximum atomic E-state index is 12.8. The topological polar surface area (TPSA) is 62.6 Å². The van der Waals surface area contributed by atoms with Crippen LogP contribution in [0.4, 0.5) is 8.78 Å². The number of piperazine rings is 1. The molecule has 1 fully saturated rings. The Kier molecular flexibility index (Phi) is 11.9. The molecule has 1 aromatic heterocycles. The third kappa shape index (κ3) is 7.41. The number of hydrogen-bond donors (Lipinski definition) is 1. The average Bonchev–Trinajstić information content (AvgIpc) is 3.00. The minimum absolute atomic E-state index is 0. The van der Waals surface area contributed by atoms with Gasteiger partial charge in [-0.3, -0.25) is 14.3 Å². The number of alkyl halides is 2. The van der Waals surface area contributed by atoms with Crippen LogP contribution in [0.1, 0.15) is 12.4 Å². The van der Waals surface area contributed by atoms with Gasteiger partial charge in [-0.25, -0.2) is 4.98 Å². The van der Waals surface area contributed by atoms with Crippen LogP contribution in [0.3, 0.4) is 0 Å². The highest BCUT2D eigenvalue weighted by Crippen LogP contribution is 2.14. The second-order valence-corrected chi connectivity index (χ2v) is 5.35. The van der Waals surface area contributed by atoms with Crippen molar-refractivity contribution in [3.63, 3.8) is 0 Å². The number of rotatable bonds is 8. The molecule has 0 radical (unpaired) electrons. The molecular formula is C14H25Cl2F2N5O2. The second kappa shape index (κ2) is 12.4. The first-order valence-electron chi connectivity index (χ1n) is 7.61. The summed E-state index contributed by atoms with van der Waals surface area (Å²) in [5, 5.41) is 3.02. The Morgan fingerprint density at radius 3 is 2.60 bits per heavy atom. The molecule has 2 heterocycles. The molecule has 2 rings (SSSR count). The predicted octanol–water partition coefficient (Wildman–Crippen LogP) is 1.00. The van der Waals surface area contributed by atoms with Gasteiger partial charge in [0.15, 0.2) is 0 Å². The lowest BCUT2D eigenvalue weighted by Crippen LogP contribution is -2.50. The van der Waals surface area contributed by atoms with Gasteiger partial charge >= 0.3 is 6.55 Å². The third-order valence-electron chi connectivity index (χ3n) is 3.81. The van der Waals surface area contributed by atoms with E-state index < -0.39 is 6.55 Å². The van der Waals surface area contributed by atoms with Crippen LogP contribution in [0.5, 0.6) is 0 Å². The van der Waals surface area contributed by atoms with Crippen molar-refractivity contribution in [3.05, 3.63) is 18.2 Å². The van der Waals surface area contributed by atoms with Crippen molar-refractivity contribution in [2.75, 3.05) is 53.0 Å². The van der Waals surface area contributed by atoms with E-state index in [0.717, 1.165) is 4.57 Å². The molecule has 0 aliphatic carbocycles. The van der Waals surface area contributed by atoms with E-state index in [1.54, 1.807) is 12.0 Å². The molecule has 7 nitrogen and oxygen atoms in total. The molecule has 0 saturated carbocycles. The van der Waals surface area contributed by atoms with Crippen LogP contribution in [-0.2, 0) is 16.1 Å². The van der Waals surface area contributed by atoms with Crippen molar-refractivity contribution < 1.29 is 18.3 Å². The van der Waals surface area contributed by atoms with Gasteiger partial charge in [-0.15, -0.1) is 24.8 Å². The van der Waals surface area contributed by atoms with Gasteiger partial charge in [0, 0.05) is 52.2 Å². The summed E-state index contributed by atoms with van der Waals surface area (Å²) in [7, 11) is 1.61. The monoisotopic (exact) mass is 403 g/mol. The summed E-state index contributed by atoms with van der Waals surface area (Å²) in [5.41, 5.74) is 0. The fraction of sp³-hybridized carbons (Fsp3) is 0.714. The lowest BCUT2D eigenvalue weighted by molar-refractivity contribution is -0.132. The lowest BCUT2D eigenvalue weighted by Gasteiger charge is -2.34. The van der Waals surface area contributed by atoms with Crippen LogP contribution < -0.4 is 5.32 Å². The molecule has 0 unspecified atom stereocenters. The van der Waals surface area contributed by atoms with Crippen LogP contribution in [0.2, 0.25) is 0 Å². The van der Waals surface area contributed by atoms with Crippen molar-refractivity contribution in [1.29, 1.82) is 0 Å². The standard InChI is InChI=1S/C14H23F2N5O2.2ClH/c1-23-9-3-17-10-13(22)20-7-5-19(6-8-20)11-12-18-2-4-21(12)14(15)16;;/h2,4,14,17H,3,5-11H2,1H3;2*1H. The van der Waals surface area contributed by atoms with Crippen molar-refractivity contribution >= 4 is 30.7 Å². The molecule has 25 heavy (non-hydrogen) atoms. The van der Waals surface area contributed by atoms with E-state index in [0.29, 0.717) is 58.2 Å². The van der Waals surface area contributed by atoms with Crippen LogP contribution >= 0.6 is 24.8 Å². The van der Waals surface area contributed by atoms with E-state index in [4.69, 9.17) is 4.74 Å². The molecule has 1 amide bonds. The van der Waals surface area contributed by atoms with Gasteiger partial charge in [-0.05, 0) is 0 Å². The zero-order valence-electron chi connectivity index (χ0n) is 14.1. The van der Waals surface area contributed by atoms with E-state index in [-0.39, 0.29) is 30.7 Å². The largest absolute Gasteiger partial charge is 0.383 e. The summed E-state index contributed by atoms with van der Waals surface area (Å²) in [6, 6.07) is 0. The molecule has 146 valence electrons. The van der Waals surface area contributed by atoms with Crippen molar-refractivity contribution in [1.82, 2.24) is 24.7 Å². The Morgan fingerprint density at radius 1 is 1.32 bits per heavy atom. The maximum Gasteiger partial charge on any atom is 0.319 e. The van der Waals surface area contributed by atoms with Gasteiger partial charge in [-0.2, -0.15) is 8.78 Å². The molecule has 11 heteroatoms. The van der Waals surface area contributed by atoms with E-state index in [2.05, 4.69) is 10.3 Å². The summed E-state index contributed by atoms with van der Waals surface area (Å²) in [6.45, 7) is 1.79. The number of imidazole rings is 1. The Bertz CT molecular complexity index is 499. The van der Waals surface area contributed by atoms with Crippen LogP contribution in [-0.4, -0.2) is 78.2 Å². The number of carbonyl (C=O) groups excluding carboxylic acids is 1. The Hall–Kier alpha value is -1.00. The quantitative estimate of drug-likeness (QED) is 0.656. The summed E-state index contributed by atoms with van der Waals surface area (Å²) in [5.74, 6) is 0.399. The maximum absolute atomic E-state index is 12.8. The molecular weight excluding hydrogens is 379 g/mol. The zero-order valence-corrected chi connectivity index (χ0v) is 15.7. The molecule has 1 aliphatic heterocycles. The molecule has 1 saturated heterocycles. The summed E-state index contributed by atoms with van der Waals surface area (Å²) >= 11 is 0. The summed E-state index contributed by atoms with van der Waals surface area (Å²) in [4.78, 5) is 19.8. The van der Waals surface area contributed by atoms with Crippen LogP contribution in [0, 0.1) is 0 Å². The van der Waals surface area contributed by atoms with Gasteiger partial charge in [0.05, 0.1) is 19.7 Å². The number of amides is 1. The van der Waals surface area contributed by atoms with Gasteiger partial charge in [-0.1, -0.05) is 0 Å². The molecule has 1 aromatic rings. The minimum atomic E-state index is -2.58. The fourth-order valence-corrected chi connectivity index (χ4v) is 2.48. The smallest absolute Gasteiger partial charge is 0.319 e. The highest BCUT2D eigenvalue weighted by molar-refractivity contribution is 5.85. The lowest BCUT2D eigenvalue weighted by atomic mass is 10.3. The molecule has 1 N–H and O–H groups in total. The molecule has 0 spiro atoms. The number of carbonyl (C=O) groups is 1. The molecule has 1 aliphatic rings. The second-order valence-electron chi connectivity index (χ2n) is 5.35. The number of aromatic nitrogens is 2. The van der Waals surface area contributed by atoms with E-state index in [9.17, 15) is 13.6 Å². The fourth-order valence-electron chi connectivity index (χ4n) is 2.48. The van der Waals surface area contributed by atoms with E-state index in [1.165, 1.54) is 12.4 Å². The first kappa shape index (κ1) is 24.0. The van der Waals surface area contributed by atoms with E-state index in [1.807, 2.05) is 4.90 Å². The number of methoxy groups -OCH3 is 1. The van der Waals surface area contributed by atoms with Crippen LogP contribution in [0.15, 0.2) is 12.4 Å². The van der Waals surface area contributed by atoms with Crippen LogP contribution in [0.25, 0.3) is 0 Å². The van der Waals surface area contributed by atoms with Gasteiger partial charge < -0.3 is 15.0 Å². The average molecular weight is 404 g/mol. The van der Waals surface area contributed by atoms with Crippen molar-refractivity contribution in [3.8, 4) is 0 Å². The number of nitrogens with one attached hydrogen (secondary N) is 1. The molecule has 0 aromatic carbocycles. The Labute approximate surface area is 158 Å². The van der Waals surface area contributed by atoms with Gasteiger partial charge in [0.1, 0.15) is 5.82 Å². The number of halogens is 4.